The van der Waals surface area contributed by atoms with Gasteiger partial charge in [0.1, 0.15) is 11.9 Å². The van der Waals surface area contributed by atoms with E-state index in [0.29, 0.717) is 5.69 Å². The Morgan fingerprint density at radius 2 is 1.75 bits per heavy atom. The van der Waals surface area contributed by atoms with Crippen molar-refractivity contribution in [2.24, 2.45) is 11.7 Å². The number of benzene rings is 2. The quantitative estimate of drug-likeness (QED) is 0.726. The molecule has 2 aromatic rings. The molecule has 3 rings (SSSR count). The number of nitrogens with zero attached hydrogens (tertiary/aromatic N) is 1. The first-order valence-electron chi connectivity index (χ1n) is 8.78. The molecule has 0 saturated carbocycles. The number of anilines is 1. The third-order valence-electron chi connectivity index (χ3n) is 4.84. The molecule has 1 fully saturated rings. The van der Waals surface area contributed by atoms with Gasteiger partial charge in [0, 0.05) is 11.3 Å². The summed E-state index contributed by atoms with van der Waals surface area (Å²) in [7, 11) is 0. The summed E-state index contributed by atoms with van der Waals surface area (Å²) in [5, 5.41) is 12.3. The minimum absolute atomic E-state index is 0.0845. The van der Waals surface area contributed by atoms with Crippen molar-refractivity contribution in [2.45, 2.75) is 18.5 Å². The zero-order chi connectivity index (χ0) is 20.3. The van der Waals surface area contributed by atoms with Crippen LogP contribution in [0.15, 0.2) is 54.6 Å². The van der Waals surface area contributed by atoms with E-state index >= 15 is 0 Å². The molecular weight excluding hydrogens is 365 g/mol. The molecule has 0 spiro atoms. The van der Waals surface area contributed by atoms with E-state index in [2.05, 4.69) is 5.32 Å². The third kappa shape index (κ3) is 3.72. The molecule has 3 atom stereocenters. The Morgan fingerprint density at radius 3 is 2.36 bits per heavy atom. The summed E-state index contributed by atoms with van der Waals surface area (Å²) in [6.07, 6.45) is -0.140. The Labute approximate surface area is 160 Å². The highest BCUT2D eigenvalue weighted by molar-refractivity contribution is 5.96. The van der Waals surface area contributed by atoms with Gasteiger partial charge in [-0.15, -0.1) is 0 Å². The van der Waals surface area contributed by atoms with Crippen LogP contribution in [0.5, 0.6) is 0 Å². The highest BCUT2D eigenvalue weighted by Crippen LogP contribution is 2.42. The zero-order valence-corrected chi connectivity index (χ0v) is 14.9. The van der Waals surface area contributed by atoms with Crippen LogP contribution in [0.4, 0.5) is 10.1 Å². The van der Waals surface area contributed by atoms with Crippen LogP contribution < -0.4 is 11.1 Å². The summed E-state index contributed by atoms with van der Waals surface area (Å²) in [4.78, 5) is 38.2. The number of likely N-dealkylation sites (tertiary alicyclic amines) is 1. The lowest BCUT2D eigenvalue weighted by molar-refractivity contribution is -0.149. The number of hydrogen-bond acceptors (Lipinski definition) is 4. The van der Waals surface area contributed by atoms with Gasteiger partial charge in [0.25, 0.3) is 0 Å². The van der Waals surface area contributed by atoms with E-state index in [1.54, 1.807) is 36.4 Å². The number of halogens is 1. The molecule has 8 heteroatoms. The van der Waals surface area contributed by atoms with Gasteiger partial charge in [-0.25, -0.2) is 9.18 Å². The van der Waals surface area contributed by atoms with Gasteiger partial charge in [0.05, 0.1) is 18.5 Å². The molecular formula is C20H20FN3O4. The monoisotopic (exact) mass is 385 g/mol. The molecule has 3 unspecified atom stereocenters. The predicted octanol–water partition coefficient (Wildman–Crippen LogP) is 1.77. The number of carbonyl (C=O) groups excluding carboxylic acids is 2. The Bertz CT molecular complexity index is 890. The molecule has 0 aromatic heterocycles. The first-order chi connectivity index (χ1) is 13.4. The van der Waals surface area contributed by atoms with Gasteiger partial charge in [0.15, 0.2) is 0 Å². The summed E-state index contributed by atoms with van der Waals surface area (Å²) >= 11 is 0. The standard InChI is InChI=1S/C20H20FN3O4/c21-15-9-5-4-8-13(15)18-14(19(26)23-12-6-2-1-3-7-12)10-16(20(27)28)24(18)17(25)11-22/h1-9,14,16,18H,10-11,22H2,(H,23,26)(H,27,28). The van der Waals surface area contributed by atoms with Crippen LogP contribution in [0.25, 0.3) is 0 Å². The first kappa shape index (κ1) is 19.5. The van der Waals surface area contributed by atoms with Gasteiger partial charge in [-0.1, -0.05) is 36.4 Å². The van der Waals surface area contributed by atoms with Crippen molar-refractivity contribution in [3.8, 4) is 0 Å². The van der Waals surface area contributed by atoms with Crippen molar-refractivity contribution >= 4 is 23.5 Å². The van der Waals surface area contributed by atoms with Crippen molar-refractivity contribution in [3.05, 3.63) is 66.0 Å². The van der Waals surface area contributed by atoms with Crippen LogP contribution in [0.3, 0.4) is 0 Å². The smallest absolute Gasteiger partial charge is 0.326 e. The maximum absolute atomic E-state index is 14.5. The van der Waals surface area contributed by atoms with Gasteiger partial charge in [-0.05, 0) is 24.6 Å². The molecule has 0 aliphatic carbocycles. The van der Waals surface area contributed by atoms with E-state index in [1.807, 2.05) is 0 Å². The zero-order valence-electron chi connectivity index (χ0n) is 14.9. The third-order valence-corrected chi connectivity index (χ3v) is 4.84. The lowest BCUT2D eigenvalue weighted by atomic mass is 9.91. The molecule has 1 aliphatic rings. The van der Waals surface area contributed by atoms with Crippen LogP contribution >= 0.6 is 0 Å². The number of para-hydroxylation sites is 1. The average Bonchev–Trinajstić information content (AvgIpc) is 3.09. The number of nitrogens with two attached hydrogens (primary N) is 1. The first-order valence-corrected chi connectivity index (χ1v) is 8.78. The number of amides is 2. The van der Waals surface area contributed by atoms with E-state index < -0.39 is 48.1 Å². The van der Waals surface area contributed by atoms with Gasteiger partial charge in [-0.2, -0.15) is 0 Å². The van der Waals surface area contributed by atoms with Crippen LogP contribution in [0.1, 0.15) is 18.0 Å². The van der Waals surface area contributed by atoms with Gasteiger partial charge >= 0.3 is 5.97 Å². The Morgan fingerprint density at radius 1 is 1.11 bits per heavy atom. The van der Waals surface area contributed by atoms with E-state index in [-0.39, 0.29) is 12.0 Å². The highest BCUT2D eigenvalue weighted by atomic mass is 19.1. The highest BCUT2D eigenvalue weighted by Gasteiger charge is 2.50. The van der Waals surface area contributed by atoms with Crippen LogP contribution in [-0.4, -0.2) is 40.4 Å². The molecule has 28 heavy (non-hydrogen) atoms. The van der Waals surface area contributed by atoms with Gasteiger partial charge < -0.3 is 21.1 Å². The fourth-order valence-corrected chi connectivity index (χ4v) is 3.61. The van der Waals surface area contributed by atoms with E-state index in [4.69, 9.17) is 5.73 Å². The topological polar surface area (TPSA) is 113 Å². The number of carboxylic acid groups (broad SMARTS) is 1. The second-order valence-corrected chi connectivity index (χ2v) is 6.52. The molecule has 1 saturated heterocycles. The summed E-state index contributed by atoms with van der Waals surface area (Å²) in [6.45, 7) is -0.443. The summed E-state index contributed by atoms with van der Waals surface area (Å²) in [5.41, 5.74) is 6.07. The maximum Gasteiger partial charge on any atom is 0.326 e. The number of carbonyl (C=O) groups is 3. The predicted molar refractivity (Wildman–Crippen MR) is 99.6 cm³/mol. The summed E-state index contributed by atoms with van der Waals surface area (Å²) in [5.74, 6) is -3.98. The van der Waals surface area contributed by atoms with Gasteiger partial charge in [-0.3, -0.25) is 9.59 Å². The van der Waals surface area contributed by atoms with Crippen molar-refractivity contribution < 1.29 is 23.9 Å². The second-order valence-electron chi connectivity index (χ2n) is 6.52. The Hall–Kier alpha value is -3.26. The molecule has 4 N–H and O–H groups in total. The molecule has 0 radical (unpaired) electrons. The number of carboxylic acids is 1. The van der Waals surface area contributed by atoms with Crippen molar-refractivity contribution in [3.63, 3.8) is 0 Å². The fraction of sp³-hybridized carbons (Fsp3) is 0.250. The molecule has 1 aliphatic heterocycles. The lowest BCUT2D eigenvalue weighted by Crippen LogP contribution is -2.45. The number of aliphatic carboxylic acids is 1. The van der Waals surface area contributed by atoms with Crippen molar-refractivity contribution in [1.29, 1.82) is 0 Å². The molecule has 0 bridgehead atoms. The largest absolute Gasteiger partial charge is 0.480 e. The minimum atomic E-state index is -1.27. The van der Waals surface area contributed by atoms with Crippen molar-refractivity contribution in [1.82, 2.24) is 4.90 Å². The van der Waals surface area contributed by atoms with Crippen LogP contribution in [0.2, 0.25) is 0 Å². The maximum atomic E-state index is 14.5. The molecule has 1 heterocycles. The minimum Gasteiger partial charge on any atom is -0.480 e. The molecule has 2 aromatic carbocycles. The average molecular weight is 385 g/mol. The Kier molecular flexibility index (Phi) is 5.70. The number of rotatable bonds is 5. The van der Waals surface area contributed by atoms with E-state index in [0.717, 1.165) is 4.90 Å². The number of hydrogen-bond donors (Lipinski definition) is 3. The molecule has 2 amide bonds. The van der Waals surface area contributed by atoms with Crippen LogP contribution in [0, 0.1) is 11.7 Å². The fourth-order valence-electron chi connectivity index (χ4n) is 3.61. The second kappa shape index (κ2) is 8.18. The molecule has 7 nitrogen and oxygen atoms in total. The Balaban J connectivity index is 2.03. The molecule has 146 valence electrons. The van der Waals surface area contributed by atoms with Gasteiger partial charge in [0.2, 0.25) is 11.8 Å². The SMILES string of the molecule is NCC(=O)N1C(C(=O)O)CC(C(=O)Nc2ccccc2)C1c1ccccc1F. The normalized spacial score (nSPS) is 21.4. The van der Waals surface area contributed by atoms with E-state index in [1.165, 1.54) is 18.2 Å². The van der Waals surface area contributed by atoms with E-state index in [9.17, 15) is 23.9 Å². The summed E-state index contributed by atoms with van der Waals surface area (Å²) < 4.78 is 14.5. The lowest BCUT2D eigenvalue weighted by Gasteiger charge is -2.30. The number of nitrogens with one attached hydrogen (secondary N) is 1. The summed E-state index contributed by atoms with van der Waals surface area (Å²) in [6, 6.07) is 12.0. The van der Waals surface area contributed by atoms with Crippen molar-refractivity contribution in [2.75, 3.05) is 11.9 Å². The van der Waals surface area contributed by atoms with Crippen LogP contribution in [-0.2, 0) is 14.4 Å².